The van der Waals surface area contributed by atoms with Crippen molar-refractivity contribution in [3.05, 3.63) is 40.4 Å². The number of oxime groups is 1. The van der Waals surface area contributed by atoms with Gasteiger partial charge < -0.3 is 41.1 Å². The first-order valence-electron chi connectivity index (χ1n) is 10.4. The molecule has 2 aromatic rings. The van der Waals surface area contributed by atoms with Crippen LogP contribution in [0.1, 0.15) is 35.5 Å². The summed E-state index contributed by atoms with van der Waals surface area (Å²) >= 11 is 0.959. The van der Waals surface area contributed by atoms with Crippen molar-refractivity contribution < 1.29 is 43.9 Å². The number of hydrogen-bond donors (Lipinski definition) is 6. The van der Waals surface area contributed by atoms with Gasteiger partial charge in [0.05, 0.1) is 18.0 Å². The van der Waals surface area contributed by atoms with Crippen LogP contribution in [0.3, 0.4) is 0 Å². The van der Waals surface area contributed by atoms with Crippen molar-refractivity contribution in [2.75, 3.05) is 11.9 Å². The van der Waals surface area contributed by atoms with E-state index < -0.39 is 48.1 Å². The fourth-order valence-electron chi connectivity index (χ4n) is 2.97. The second kappa shape index (κ2) is 10.7. The van der Waals surface area contributed by atoms with Gasteiger partial charge in [0, 0.05) is 5.38 Å². The number of para-hydroxylation sites is 1. The van der Waals surface area contributed by atoms with Crippen molar-refractivity contribution in [1.29, 1.82) is 0 Å². The first-order chi connectivity index (χ1) is 16.9. The number of rotatable bonds is 9. The van der Waals surface area contributed by atoms with Crippen molar-refractivity contribution in [3.8, 4) is 5.75 Å². The van der Waals surface area contributed by atoms with E-state index in [1.165, 1.54) is 31.4 Å². The zero-order valence-corrected chi connectivity index (χ0v) is 19.9. The van der Waals surface area contributed by atoms with E-state index in [1.54, 1.807) is 6.07 Å². The number of carboxylic acid groups (broad SMARTS) is 2. The normalized spacial score (nSPS) is 15.4. The molecular formula is C20H22BN5O9S. The third kappa shape index (κ3) is 5.97. The van der Waals surface area contributed by atoms with E-state index in [2.05, 4.69) is 20.8 Å². The van der Waals surface area contributed by atoms with Gasteiger partial charge in [0.1, 0.15) is 11.4 Å². The van der Waals surface area contributed by atoms with Crippen molar-refractivity contribution >= 4 is 53.1 Å². The van der Waals surface area contributed by atoms with E-state index in [-0.39, 0.29) is 35.1 Å². The lowest BCUT2D eigenvalue weighted by molar-refractivity contribution is -0.161. The second-order valence-electron chi connectivity index (χ2n) is 8.03. The molecule has 2 amide bonds. The number of carbonyl (C=O) groups excluding carboxylic acids is 2. The molecule has 0 saturated heterocycles. The maximum Gasteiger partial charge on any atom is 0.547 e. The lowest BCUT2D eigenvalue weighted by atomic mass is 9.72. The fraction of sp³-hybridized carbons (Fsp3) is 0.300. The zero-order chi connectivity index (χ0) is 26.6. The van der Waals surface area contributed by atoms with E-state index in [0.717, 1.165) is 11.3 Å². The molecule has 0 fully saturated rings. The predicted molar refractivity (Wildman–Crippen MR) is 127 cm³/mol. The van der Waals surface area contributed by atoms with Crippen LogP contribution in [0, 0.1) is 0 Å². The lowest BCUT2D eigenvalue weighted by Gasteiger charge is -2.29. The van der Waals surface area contributed by atoms with E-state index in [0.29, 0.717) is 5.56 Å². The van der Waals surface area contributed by atoms with E-state index >= 15 is 0 Å². The van der Waals surface area contributed by atoms with Gasteiger partial charge >= 0.3 is 19.1 Å². The number of nitrogens with two attached hydrogens (primary N) is 1. The first kappa shape index (κ1) is 26.6. The highest BCUT2D eigenvalue weighted by molar-refractivity contribution is 7.14. The number of nitrogens with one attached hydrogen (secondary N) is 2. The molecule has 0 radical (unpaired) electrons. The van der Waals surface area contributed by atoms with Crippen LogP contribution in [0.15, 0.2) is 28.7 Å². The number of hydrogen-bond acceptors (Lipinski definition) is 11. The van der Waals surface area contributed by atoms with E-state index in [9.17, 15) is 34.4 Å². The Labute approximate surface area is 208 Å². The van der Waals surface area contributed by atoms with Crippen LogP contribution >= 0.6 is 11.3 Å². The van der Waals surface area contributed by atoms with Crippen LogP contribution in [-0.4, -0.2) is 74.9 Å². The van der Waals surface area contributed by atoms with Gasteiger partial charge in [0.2, 0.25) is 11.5 Å². The summed E-state index contributed by atoms with van der Waals surface area (Å²) in [4.78, 5) is 56.7. The number of anilines is 1. The van der Waals surface area contributed by atoms with Crippen molar-refractivity contribution in [1.82, 2.24) is 10.3 Å². The molecule has 1 aliphatic rings. The molecule has 0 spiro atoms. The van der Waals surface area contributed by atoms with Gasteiger partial charge in [-0.05, 0) is 31.9 Å². The summed E-state index contributed by atoms with van der Waals surface area (Å²) in [6.07, 6.45) is 0.0208. The number of thiazole rings is 1. The Morgan fingerprint density at radius 3 is 2.69 bits per heavy atom. The average Bonchev–Trinajstić information content (AvgIpc) is 3.26. The Morgan fingerprint density at radius 1 is 1.33 bits per heavy atom. The summed E-state index contributed by atoms with van der Waals surface area (Å²) in [6.45, 7) is 2.15. The topological polar surface area (TPSA) is 223 Å². The molecule has 0 bridgehead atoms. The van der Waals surface area contributed by atoms with Crippen LogP contribution in [-0.2, 0) is 25.6 Å². The monoisotopic (exact) mass is 519 g/mol. The third-order valence-electron chi connectivity index (χ3n) is 4.94. The second-order valence-corrected chi connectivity index (χ2v) is 8.89. The number of benzene rings is 1. The number of aliphatic carboxylic acids is 1. The number of aromatic carboxylic acids is 1. The van der Waals surface area contributed by atoms with Crippen LogP contribution in [0.4, 0.5) is 5.13 Å². The summed E-state index contributed by atoms with van der Waals surface area (Å²) in [6, 6.07) is 4.42. The van der Waals surface area contributed by atoms with Gasteiger partial charge in [-0.15, -0.1) is 11.3 Å². The highest BCUT2D eigenvalue weighted by Crippen LogP contribution is 2.30. The molecule has 1 unspecified atom stereocenters. The van der Waals surface area contributed by atoms with Gasteiger partial charge in [-0.1, -0.05) is 17.3 Å². The summed E-state index contributed by atoms with van der Waals surface area (Å²) in [7, 11) is -1.60. The Kier molecular flexibility index (Phi) is 7.91. The Balaban J connectivity index is 1.88. The average molecular weight is 519 g/mol. The molecule has 0 aliphatic carbocycles. The molecular weight excluding hydrogens is 497 g/mol. The molecule has 3 rings (SSSR count). The summed E-state index contributed by atoms with van der Waals surface area (Å²) in [5, 5.41) is 39.2. The fourth-order valence-corrected chi connectivity index (χ4v) is 3.68. The quantitative estimate of drug-likeness (QED) is 0.140. The summed E-state index contributed by atoms with van der Waals surface area (Å²) < 4.78 is 5.37. The summed E-state index contributed by atoms with van der Waals surface area (Å²) in [5.41, 5.74) is 3.28. The van der Waals surface area contributed by atoms with Gasteiger partial charge in [-0.25, -0.2) is 14.6 Å². The minimum absolute atomic E-state index is 0.0109. The minimum atomic E-state index is -1.79. The van der Waals surface area contributed by atoms with Crippen molar-refractivity contribution in [3.63, 3.8) is 0 Å². The molecule has 7 N–H and O–H groups in total. The Hall–Kier alpha value is -4.02. The largest absolute Gasteiger partial charge is 0.547 e. The van der Waals surface area contributed by atoms with Crippen LogP contribution in [0.25, 0.3) is 0 Å². The number of amides is 2. The Bertz CT molecular complexity index is 1230. The maximum atomic E-state index is 13.1. The van der Waals surface area contributed by atoms with Gasteiger partial charge in [-0.2, -0.15) is 0 Å². The number of carbonyl (C=O) groups is 4. The van der Waals surface area contributed by atoms with Crippen LogP contribution in [0.2, 0.25) is 0 Å². The third-order valence-corrected chi connectivity index (χ3v) is 5.70. The van der Waals surface area contributed by atoms with E-state index in [4.69, 9.17) is 15.2 Å². The minimum Gasteiger partial charge on any atom is -0.534 e. The molecule has 1 aromatic carbocycles. The van der Waals surface area contributed by atoms with Crippen molar-refractivity contribution in [2.45, 2.75) is 31.8 Å². The molecule has 1 aromatic heterocycles. The SMILES string of the molecule is CC(C)(O/N=C(\C(=O)NC1Cc2cccc(C(=O)O)c2OB1O)c1csc(NC(=O)CN)n1)C(=O)O. The molecule has 1 aliphatic heterocycles. The smallest absolute Gasteiger partial charge is 0.534 e. The molecule has 0 saturated carbocycles. The zero-order valence-electron chi connectivity index (χ0n) is 19.0. The van der Waals surface area contributed by atoms with Gasteiger partial charge in [-0.3, -0.25) is 9.59 Å². The number of nitrogens with zero attached hydrogens (tertiary/aromatic N) is 2. The highest BCUT2D eigenvalue weighted by Gasteiger charge is 2.39. The van der Waals surface area contributed by atoms with Gasteiger partial charge in [0.25, 0.3) is 5.91 Å². The van der Waals surface area contributed by atoms with Crippen LogP contribution < -0.4 is 21.0 Å². The lowest BCUT2D eigenvalue weighted by Crippen LogP contribution is -2.54. The maximum absolute atomic E-state index is 13.1. The molecule has 14 nitrogen and oxygen atoms in total. The van der Waals surface area contributed by atoms with E-state index in [1.807, 2.05) is 0 Å². The Morgan fingerprint density at radius 2 is 2.06 bits per heavy atom. The molecule has 2 heterocycles. The number of carboxylic acids is 2. The first-order valence-corrected chi connectivity index (χ1v) is 11.3. The van der Waals surface area contributed by atoms with Crippen molar-refractivity contribution in [2.24, 2.45) is 10.9 Å². The molecule has 16 heteroatoms. The number of aromatic nitrogens is 1. The molecule has 190 valence electrons. The number of fused-ring (bicyclic) bond motifs is 1. The molecule has 36 heavy (non-hydrogen) atoms. The standard InChI is InChI=1S/C20H22BN5O9S/c1-20(2,18(31)32)35-26-14(11-8-36-19(23-11)25-13(27)7-22)16(28)24-12-6-9-4-3-5-10(17(29)30)15(9)34-21(12)33/h3-5,8,12,33H,6-7,22H2,1-2H3,(H,24,28)(H,29,30)(H,31,32)(H,23,25,27)/b26-14-. The highest BCUT2D eigenvalue weighted by atomic mass is 32.1. The molecule has 1 atom stereocenters. The van der Waals surface area contributed by atoms with Crippen LogP contribution in [0.5, 0.6) is 5.75 Å². The summed E-state index contributed by atoms with van der Waals surface area (Å²) in [5.74, 6) is -5.05. The predicted octanol–water partition coefficient (Wildman–Crippen LogP) is -0.538. The van der Waals surface area contributed by atoms with Gasteiger partial charge in [0.15, 0.2) is 10.8 Å².